The Hall–Kier alpha value is 0.230. The second-order valence-corrected chi connectivity index (χ2v) is 4.60. The largest absolute Gasteiger partial charge is 0.337 e. The molecule has 4 N–H and O–H groups in total. The zero-order valence-corrected chi connectivity index (χ0v) is 5.58. The fourth-order valence-corrected chi connectivity index (χ4v) is 2.05. The number of hydrogen-bond donors (Lipinski definition) is 3. The molecule has 0 aromatic heterocycles. The van der Waals surface area contributed by atoms with Crippen LogP contribution in [-0.4, -0.2) is 22.7 Å². The molecule has 3 nitrogen and oxygen atoms in total. The third-order valence-corrected chi connectivity index (χ3v) is 2.90. The van der Waals surface area contributed by atoms with Gasteiger partial charge in [0, 0.05) is 5.75 Å². The first-order chi connectivity index (χ1) is 3.71. The molecule has 0 aromatic carbocycles. The van der Waals surface area contributed by atoms with Gasteiger partial charge in [0.15, 0.2) is 0 Å². The smallest absolute Gasteiger partial charge is 0.0597 e. The Morgan fingerprint density at radius 2 is 2.38 bits per heavy atom. The summed E-state index contributed by atoms with van der Waals surface area (Å²) >= 11 is 0. The normalized spacial score (nSPS) is 47.8. The maximum Gasteiger partial charge on any atom is 0.0597 e. The van der Waals surface area contributed by atoms with Crippen LogP contribution in [0.1, 0.15) is 6.42 Å². The Morgan fingerprint density at radius 3 is 2.62 bits per heavy atom. The van der Waals surface area contributed by atoms with Crippen LogP contribution < -0.4 is 10.5 Å². The molecule has 0 amide bonds. The molecule has 1 atom stereocenters. The average molecular weight is 136 g/mol. The zero-order chi connectivity index (χ0) is 6.04. The van der Waals surface area contributed by atoms with Crippen LogP contribution in [-0.2, 0) is 0 Å². The standard InChI is InChI=1S/C4H12N2OS/c5-8(7)3-1-2-6-4-8/h6-7H,1-5H2. The summed E-state index contributed by atoms with van der Waals surface area (Å²) in [6.45, 7) is 1.01. The van der Waals surface area contributed by atoms with Gasteiger partial charge in [-0.15, -0.1) is 0 Å². The Morgan fingerprint density at radius 1 is 1.62 bits per heavy atom. The monoisotopic (exact) mass is 136 g/mol. The fraction of sp³-hybridized carbons (Fsp3) is 1.00. The molecule has 1 heterocycles. The highest BCUT2D eigenvalue weighted by Crippen LogP contribution is 2.34. The van der Waals surface area contributed by atoms with Crippen molar-refractivity contribution in [1.29, 1.82) is 0 Å². The van der Waals surface area contributed by atoms with Gasteiger partial charge in [0.2, 0.25) is 0 Å². The SMILES string of the molecule is NS1(O)CCCNC1. The van der Waals surface area contributed by atoms with Crippen LogP contribution in [0.2, 0.25) is 0 Å². The lowest BCUT2D eigenvalue weighted by molar-refractivity contribution is 0.589. The third-order valence-electron chi connectivity index (χ3n) is 1.20. The molecule has 0 radical (unpaired) electrons. The predicted octanol–water partition coefficient (Wildman–Crippen LogP) is 0.0885. The Balaban J connectivity index is 2.33. The van der Waals surface area contributed by atoms with E-state index in [0.717, 1.165) is 18.7 Å². The average Bonchev–Trinajstić information content (AvgIpc) is 1.65. The topological polar surface area (TPSA) is 58.3 Å². The van der Waals surface area contributed by atoms with E-state index >= 15 is 0 Å². The summed E-state index contributed by atoms with van der Waals surface area (Å²) < 4.78 is 9.17. The van der Waals surface area contributed by atoms with Crippen molar-refractivity contribution in [2.75, 3.05) is 18.2 Å². The zero-order valence-electron chi connectivity index (χ0n) is 4.76. The van der Waals surface area contributed by atoms with E-state index in [9.17, 15) is 4.55 Å². The van der Waals surface area contributed by atoms with Crippen LogP contribution in [0.25, 0.3) is 0 Å². The molecule has 4 heteroatoms. The number of hydrogen-bond acceptors (Lipinski definition) is 3. The van der Waals surface area contributed by atoms with Crippen molar-refractivity contribution in [1.82, 2.24) is 5.32 Å². The van der Waals surface area contributed by atoms with Crippen molar-refractivity contribution in [3.8, 4) is 0 Å². The molecule has 0 saturated carbocycles. The number of rotatable bonds is 0. The van der Waals surface area contributed by atoms with E-state index in [4.69, 9.17) is 5.14 Å². The van der Waals surface area contributed by atoms with E-state index in [1.807, 2.05) is 0 Å². The second kappa shape index (κ2) is 2.23. The minimum absolute atomic E-state index is 0.618. The van der Waals surface area contributed by atoms with Crippen molar-refractivity contribution < 1.29 is 4.55 Å². The molecule has 1 aliphatic heterocycles. The van der Waals surface area contributed by atoms with Gasteiger partial charge in [-0.25, -0.2) is 0 Å². The highest BCUT2D eigenvalue weighted by molar-refractivity contribution is 8.27. The molecule has 1 rings (SSSR count). The van der Waals surface area contributed by atoms with Crippen LogP contribution in [0.15, 0.2) is 0 Å². The van der Waals surface area contributed by atoms with Gasteiger partial charge in [-0.05, 0) is 13.0 Å². The first kappa shape index (κ1) is 6.35. The summed E-state index contributed by atoms with van der Waals surface area (Å²) in [5, 5.41) is 8.49. The van der Waals surface area contributed by atoms with E-state index in [1.165, 1.54) is 0 Å². The third kappa shape index (κ3) is 1.63. The van der Waals surface area contributed by atoms with Crippen LogP contribution in [0, 0.1) is 0 Å². The molecule has 1 saturated heterocycles. The number of nitrogens with one attached hydrogen (secondary N) is 1. The van der Waals surface area contributed by atoms with Crippen molar-refractivity contribution in [3.63, 3.8) is 0 Å². The Bertz CT molecular complexity index is 78.1. The van der Waals surface area contributed by atoms with Crippen LogP contribution in [0.3, 0.4) is 0 Å². The van der Waals surface area contributed by atoms with Crippen molar-refractivity contribution in [2.24, 2.45) is 5.14 Å². The van der Waals surface area contributed by atoms with Crippen molar-refractivity contribution >= 4 is 10.5 Å². The Kier molecular flexibility index (Phi) is 1.77. The summed E-state index contributed by atoms with van der Waals surface area (Å²) in [5.41, 5.74) is 0. The molecule has 1 aliphatic rings. The van der Waals surface area contributed by atoms with E-state index in [2.05, 4.69) is 5.32 Å². The summed E-state index contributed by atoms with van der Waals surface area (Å²) in [4.78, 5) is 0. The highest BCUT2D eigenvalue weighted by Gasteiger charge is 2.16. The van der Waals surface area contributed by atoms with Crippen LogP contribution in [0.5, 0.6) is 0 Å². The molecule has 50 valence electrons. The Labute approximate surface area is 50.9 Å². The van der Waals surface area contributed by atoms with E-state index in [1.54, 1.807) is 0 Å². The highest BCUT2D eigenvalue weighted by atomic mass is 32.3. The van der Waals surface area contributed by atoms with Gasteiger partial charge >= 0.3 is 0 Å². The molecule has 0 aliphatic carbocycles. The quantitative estimate of drug-likeness (QED) is 0.442. The van der Waals surface area contributed by atoms with Gasteiger partial charge in [0.05, 0.1) is 5.88 Å². The first-order valence-electron chi connectivity index (χ1n) is 2.70. The lowest BCUT2D eigenvalue weighted by Gasteiger charge is -2.32. The molecule has 0 bridgehead atoms. The summed E-state index contributed by atoms with van der Waals surface area (Å²) in [7, 11) is -1.69. The van der Waals surface area contributed by atoms with E-state index in [0.29, 0.717) is 5.88 Å². The maximum atomic E-state index is 9.17. The minimum atomic E-state index is -1.69. The van der Waals surface area contributed by atoms with E-state index in [-0.39, 0.29) is 0 Å². The first-order valence-corrected chi connectivity index (χ1v) is 4.69. The molecule has 8 heavy (non-hydrogen) atoms. The predicted molar refractivity (Wildman–Crippen MR) is 36.8 cm³/mol. The summed E-state index contributed by atoms with van der Waals surface area (Å²) in [6.07, 6.45) is 1.02. The lowest BCUT2D eigenvalue weighted by atomic mass is 10.5. The van der Waals surface area contributed by atoms with Crippen molar-refractivity contribution in [2.45, 2.75) is 6.42 Å². The van der Waals surface area contributed by atoms with Gasteiger partial charge in [-0.3, -0.25) is 5.14 Å². The van der Waals surface area contributed by atoms with Gasteiger partial charge in [0.25, 0.3) is 0 Å². The molecule has 1 unspecified atom stereocenters. The van der Waals surface area contributed by atoms with Gasteiger partial charge in [-0.2, -0.15) is 0 Å². The number of nitrogens with two attached hydrogens (primary N) is 1. The van der Waals surface area contributed by atoms with Crippen molar-refractivity contribution in [3.05, 3.63) is 0 Å². The van der Waals surface area contributed by atoms with Crippen LogP contribution >= 0.6 is 10.5 Å². The van der Waals surface area contributed by atoms with Gasteiger partial charge in [-0.1, -0.05) is 10.5 Å². The summed E-state index contributed by atoms with van der Waals surface area (Å²) in [6, 6.07) is 0. The van der Waals surface area contributed by atoms with Gasteiger partial charge < -0.3 is 9.87 Å². The van der Waals surface area contributed by atoms with Crippen LogP contribution in [0.4, 0.5) is 0 Å². The fourth-order valence-electron chi connectivity index (χ4n) is 0.768. The van der Waals surface area contributed by atoms with E-state index < -0.39 is 10.5 Å². The molecular weight excluding hydrogens is 124 g/mol. The van der Waals surface area contributed by atoms with Gasteiger partial charge in [0.1, 0.15) is 0 Å². The lowest BCUT2D eigenvalue weighted by Crippen LogP contribution is -2.34. The molecular formula is C4H12N2OS. The second-order valence-electron chi connectivity index (χ2n) is 2.10. The molecule has 1 fully saturated rings. The minimum Gasteiger partial charge on any atom is -0.337 e. The molecule has 0 aromatic rings. The summed E-state index contributed by atoms with van der Waals surface area (Å²) in [5.74, 6) is 1.42. The maximum absolute atomic E-state index is 9.17. The molecule has 0 spiro atoms.